The first-order valence-corrected chi connectivity index (χ1v) is 6.76. The molecule has 9 heteroatoms. The Bertz CT molecular complexity index is 808. The van der Waals surface area contributed by atoms with Crippen LogP contribution in [0.4, 0.5) is 19.1 Å². The van der Waals surface area contributed by atoms with Gasteiger partial charge in [-0.05, 0) is 24.1 Å². The van der Waals surface area contributed by atoms with Gasteiger partial charge in [0.05, 0.1) is 12.2 Å². The van der Waals surface area contributed by atoms with Crippen molar-refractivity contribution >= 4 is 5.95 Å². The molecule has 0 amide bonds. The quantitative estimate of drug-likeness (QED) is 0.746. The number of hydrogen-bond acceptors (Lipinski definition) is 5. The van der Waals surface area contributed by atoms with E-state index in [1.807, 2.05) is 0 Å². The van der Waals surface area contributed by atoms with Crippen LogP contribution in [-0.2, 0) is 0 Å². The molecule has 0 fully saturated rings. The highest BCUT2D eigenvalue weighted by molar-refractivity contribution is 5.51. The molecule has 0 aliphatic rings. The zero-order chi connectivity index (χ0) is 16.6. The number of halogens is 3. The fraction of sp³-hybridized carbons (Fsp3) is 0.214. The van der Waals surface area contributed by atoms with Gasteiger partial charge in [0.25, 0.3) is 5.89 Å². The van der Waals surface area contributed by atoms with E-state index in [2.05, 4.69) is 15.2 Å². The lowest BCUT2D eigenvalue weighted by molar-refractivity contribution is 0.440. The van der Waals surface area contributed by atoms with E-state index < -0.39 is 23.5 Å². The van der Waals surface area contributed by atoms with Gasteiger partial charge in [0.2, 0.25) is 12.3 Å². The Morgan fingerprint density at radius 1 is 1.26 bits per heavy atom. The first-order chi connectivity index (χ1) is 11.0. The first kappa shape index (κ1) is 15.1. The summed E-state index contributed by atoms with van der Waals surface area (Å²) in [6, 6.07) is 1.29. The molecule has 23 heavy (non-hydrogen) atoms. The van der Waals surface area contributed by atoms with Crippen molar-refractivity contribution in [1.82, 2.24) is 19.7 Å². The Balaban J connectivity index is 2.14. The molecular formula is C14H12F3N5O. The molecule has 0 bridgehead atoms. The predicted molar refractivity (Wildman–Crippen MR) is 74.7 cm³/mol. The van der Waals surface area contributed by atoms with Crippen LogP contribution in [0.25, 0.3) is 11.6 Å². The third-order valence-electron chi connectivity index (χ3n) is 3.49. The summed E-state index contributed by atoms with van der Waals surface area (Å²) in [4.78, 5) is 3.98. The number of imidazole rings is 1. The van der Waals surface area contributed by atoms with Crippen molar-refractivity contribution in [3.63, 3.8) is 0 Å². The summed E-state index contributed by atoms with van der Waals surface area (Å²) in [6.07, 6.45) is 2.98. The second-order valence-electron chi connectivity index (χ2n) is 4.84. The first-order valence-electron chi connectivity index (χ1n) is 6.76. The molecule has 2 N–H and O–H groups in total. The Morgan fingerprint density at radius 3 is 2.52 bits per heavy atom. The largest absolute Gasteiger partial charge is 0.422 e. The lowest BCUT2D eigenvalue weighted by Crippen LogP contribution is -2.15. The zero-order valence-corrected chi connectivity index (χ0v) is 12.0. The topological polar surface area (TPSA) is 82.8 Å². The van der Waals surface area contributed by atoms with Gasteiger partial charge in [0, 0.05) is 0 Å². The van der Waals surface area contributed by atoms with E-state index in [1.54, 1.807) is 6.92 Å². The van der Waals surface area contributed by atoms with Crippen LogP contribution in [0.5, 0.6) is 0 Å². The molecule has 0 aliphatic heterocycles. The summed E-state index contributed by atoms with van der Waals surface area (Å²) in [7, 11) is 0. The molecule has 1 aromatic carbocycles. The molecule has 0 aliphatic carbocycles. The van der Waals surface area contributed by atoms with Crippen LogP contribution in [0.3, 0.4) is 0 Å². The van der Waals surface area contributed by atoms with Crippen molar-refractivity contribution < 1.29 is 17.6 Å². The van der Waals surface area contributed by atoms with Crippen molar-refractivity contribution in [2.45, 2.75) is 19.4 Å². The van der Waals surface area contributed by atoms with Crippen LogP contribution in [-0.4, -0.2) is 19.7 Å². The van der Waals surface area contributed by atoms with Crippen molar-refractivity contribution in [3.05, 3.63) is 47.7 Å². The summed E-state index contributed by atoms with van der Waals surface area (Å²) >= 11 is 0. The third-order valence-corrected chi connectivity index (χ3v) is 3.49. The van der Waals surface area contributed by atoms with Crippen LogP contribution in [0, 0.1) is 17.5 Å². The maximum atomic E-state index is 13.5. The number of benzene rings is 1. The summed E-state index contributed by atoms with van der Waals surface area (Å²) in [6.45, 7) is 1.79. The Hall–Kier alpha value is -2.84. The van der Waals surface area contributed by atoms with E-state index in [9.17, 15) is 13.2 Å². The van der Waals surface area contributed by atoms with Gasteiger partial charge >= 0.3 is 0 Å². The Labute approximate surface area is 128 Å². The number of nitrogens with two attached hydrogens (primary N) is 1. The smallest absolute Gasteiger partial charge is 0.265 e. The van der Waals surface area contributed by atoms with Gasteiger partial charge in [0.15, 0.2) is 17.5 Å². The van der Waals surface area contributed by atoms with Crippen molar-refractivity contribution in [1.29, 1.82) is 0 Å². The molecule has 1 unspecified atom stereocenters. The van der Waals surface area contributed by atoms with E-state index in [0.717, 1.165) is 18.5 Å². The molecule has 0 radical (unpaired) electrons. The minimum atomic E-state index is -1.51. The number of aromatic nitrogens is 4. The highest BCUT2D eigenvalue weighted by Crippen LogP contribution is 2.32. The van der Waals surface area contributed by atoms with Gasteiger partial charge in [0.1, 0.15) is 5.69 Å². The monoisotopic (exact) mass is 323 g/mol. The molecular weight excluding hydrogens is 311 g/mol. The molecule has 6 nitrogen and oxygen atoms in total. The van der Waals surface area contributed by atoms with Gasteiger partial charge in [-0.15, -0.1) is 10.2 Å². The standard InChI is InChI=1S/C14H12F3N5O/c1-2-10(7-3-8(15)12(17)9(16)4-7)22-11(5-19-14(22)18)13-21-20-6-23-13/h3-6,10H,2H2,1H3,(H2,18,19). The van der Waals surface area contributed by atoms with E-state index in [0.29, 0.717) is 12.1 Å². The van der Waals surface area contributed by atoms with Crippen molar-refractivity contribution in [2.75, 3.05) is 5.73 Å². The lowest BCUT2D eigenvalue weighted by Gasteiger charge is -2.20. The molecule has 2 aromatic heterocycles. The number of hydrogen-bond donors (Lipinski definition) is 1. The van der Waals surface area contributed by atoms with E-state index >= 15 is 0 Å². The zero-order valence-electron chi connectivity index (χ0n) is 12.0. The van der Waals surface area contributed by atoms with Crippen LogP contribution in [0.2, 0.25) is 0 Å². The van der Waals surface area contributed by atoms with E-state index in [-0.39, 0.29) is 17.4 Å². The normalized spacial score (nSPS) is 12.5. The maximum Gasteiger partial charge on any atom is 0.265 e. The molecule has 120 valence electrons. The van der Waals surface area contributed by atoms with Gasteiger partial charge in [-0.2, -0.15) is 0 Å². The second kappa shape index (κ2) is 5.75. The number of rotatable bonds is 4. The second-order valence-corrected chi connectivity index (χ2v) is 4.84. The molecule has 3 aromatic rings. The van der Waals surface area contributed by atoms with Gasteiger partial charge in [-0.1, -0.05) is 6.92 Å². The minimum absolute atomic E-state index is 0.107. The van der Waals surface area contributed by atoms with E-state index in [4.69, 9.17) is 10.2 Å². The highest BCUT2D eigenvalue weighted by Gasteiger charge is 2.24. The molecule has 0 spiro atoms. The summed E-state index contributed by atoms with van der Waals surface area (Å²) in [5.74, 6) is -3.78. The molecule has 3 rings (SSSR count). The molecule has 2 heterocycles. The van der Waals surface area contributed by atoms with Crippen LogP contribution >= 0.6 is 0 Å². The number of nitrogens with zero attached hydrogens (tertiary/aromatic N) is 4. The predicted octanol–water partition coefficient (Wildman–Crippen LogP) is 2.93. The van der Waals surface area contributed by atoms with Gasteiger partial charge < -0.3 is 10.2 Å². The number of anilines is 1. The number of nitrogen functional groups attached to an aromatic ring is 1. The summed E-state index contributed by atoms with van der Waals surface area (Å²) < 4.78 is 46.9. The van der Waals surface area contributed by atoms with Gasteiger partial charge in [-0.25, -0.2) is 18.2 Å². The SMILES string of the molecule is CCC(c1cc(F)c(F)c(F)c1)n1c(-c2nnco2)cnc1N. The molecule has 1 atom stereocenters. The van der Waals surface area contributed by atoms with Crippen LogP contribution in [0.15, 0.2) is 29.1 Å². The average Bonchev–Trinajstić information content (AvgIpc) is 3.16. The lowest BCUT2D eigenvalue weighted by atomic mass is 10.0. The molecule has 0 saturated carbocycles. The van der Waals surface area contributed by atoms with E-state index in [1.165, 1.54) is 10.8 Å². The van der Waals surface area contributed by atoms with Crippen molar-refractivity contribution in [2.24, 2.45) is 0 Å². The molecule has 0 saturated heterocycles. The average molecular weight is 323 g/mol. The summed E-state index contributed by atoms with van der Waals surface area (Å²) in [5, 5.41) is 7.36. The van der Waals surface area contributed by atoms with Crippen LogP contribution in [0.1, 0.15) is 24.9 Å². The van der Waals surface area contributed by atoms with Gasteiger partial charge in [-0.3, -0.25) is 4.57 Å². The summed E-state index contributed by atoms with van der Waals surface area (Å²) in [5.41, 5.74) is 6.48. The minimum Gasteiger partial charge on any atom is -0.422 e. The van der Waals surface area contributed by atoms with Crippen LogP contribution < -0.4 is 5.73 Å². The fourth-order valence-corrected chi connectivity index (χ4v) is 2.48. The maximum absolute atomic E-state index is 13.5. The fourth-order valence-electron chi connectivity index (χ4n) is 2.48. The third kappa shape index (κ3) is 2.54. The van der Waals surface area contributed by atoms with Crippen molar-refractivity contribution in [3.8, 4) is 11.6 Å². The Morgan fingerprint density at radius 2 is 1.96 bits per heavy atom. The Kier molecular flexibility index (Phi) is 3.77. The highest BCUT2D eigenvalue weighted by atomic mass is 19.2.